The zero-order valence-electron chi connectivity index (χ0n) is 10.8. The summed E-state index contributed by atoms with van der Waals surface area (Å²) in [7, 11) is 0. The highest BCUT2D eigenvalue weighted by Gasteiger charge is 2.22. The number of rotatable bonds is 5. The van der Waals surface area contributed by atoms with E-state index in [1.54, 1.807) is 30.3 Å². The molecule has 0 N–H and O–H groups in total. The third-order valence-electron chi connectivity index (χ3n) is 2.18. The van der Waals surface area contributed by atoms with Crippen molar-refractivity contribution in [1.82, 2.24) is 0 Å². The van der Waals surface area contributed by atoms with Gasteiger partial charge in [-0.15, -0.1) is 11.6 Å². The van der Waals surface area contributed by atoms with Gasteiger partial charge in [0.15, 0.2) is 12.0 Å². The highest BCUT2D eigenvalue weighted by molar-refractivity contribution is 6.30. The predicted molar refractivity (Wildman–Crippen MR) is 71.9 cm³/mol. The molecule has 0 amide bonds. The number of esters is 3. The van der Waals surface area contributed by atoms with Crippen molar-refractivity contribution in [3.63, 3.8) is 0 Å². The minimum absolute atomic E-state index is 0.142. The zero-order chi connectivity index (χ0) is 15.1. The van der Waals surface area contributed by atoms with E-state index in [9.17, 15) is 14.4 Å². The fourth-order valence-corrected chi connectivity index (χ4v) is 1.39. The highest BCUT2D eigenvalue weighted by Crippen LogP contribution is 2.21. The Morgan fingerprint density at radius 3 is 2.40 bits per heavy atom. The Morgan fingerprint density at radius 1 is 1.25 bits per heavy atom. The fourth-order valence-electron chi connectivity index (χ4n) is 1.20. The van der Waals surface area contributed by atoms with E-state index in [1.165, 1.54) is 6.92 Å². The van der Waals surface area contributed by atoms with E-state index < -0.39 is 29.9 Å². The second kappa shape index (κ2) is 7.45. The van der Waals surface area contributed by atoms with E-state index in [-0.39, 0.29) is 5.57 Å². The molecule has 0 bridgehead atoms. The first-order valence-electron chi connectivity index (χ1n) is 5.68. The first-order valence-corrected chi connectivity index (χ1v) is 6.11. The molecule has 0 aliphatic rings. The van der Waals surface area contributed by atoms with Crippen molar-refractivity contribution in [2.24, 2.45) is 0 Å². The third kappa shape index (κ3) is 4.85. The predicted octanol–water partition coefficient (Wildman–Crippen LogP) is 2.16. The van der Waals surface area contributed by atoms with Crippen LogP contribution >= 0.6 is 11.6 Å². The second-order valence-corrected chi connectivity index (χ2v) is 4.36. The first kappa shape index (κ1) is 15.9. The number of carbonyl (C=O) groups is 3. The molecule has 0 spiro atoms. The van der Waals surface area contributed by atoms with Crippen LogP contribution in [0.25, 0.3) is 0 Å². The van der Waals surface area contributed by atoms with Gasteiger partial charge in [0.05, 0.1) is 0 Å². The molecule has 6 heteroatoms. The highest BCUT2D eigenvalue weighted by atomic mass is 35.5. The quantitative estimate of drug-likeness (QED) is 0.360. The van der Waals surface area contributed by atoms with Crippen LogP contribution in [0.4, 0.5) is 0 Å². The molecule has 1 unspecified atom stereocenters. The van der Waals surface area contributed by atoms with Crippen molar-refractivity contribution in [1.29, 1.82) is 0 Å². The maximum atomic E-state index is 11.6. The average Bonchev–Trinajstić information content (AvgIpc) is 2.44. The van der Waals surface area contributed by atoms with Crippen molar-refractivity contribution in [3.05, 3.63) is 48.0 Å². The van der Waals surface area contributed by atoms with Gasteiger partial charge < -0.3 is 9.47 Å². The molecule has 1 aromatic carbocycles. The summed E-state index contributed by atoms with van der Waals surface area (Å²) in [4.78, 5) is 34.0. The molecule has 1 atom stereocenters. The van der Waals surface area contributed by atoms with Gasteiger partial charge in [0.1, 0.15) is 0 Å². The van der Waals surface area contributed by atoms with Crippen LogP contribution in [0.1, 0.15) is 17.9 Å². The van der Waals surface area contributed by atoms with Crippen LogP contribution < -0.4 is 0 Å². The van der Waals surface area contributed by atoms with Gasteiger partial charge in [-0.3, -0.25) is 0 Å². The van der Waals surface area contributed by atoms with Gasteiger partial charge in [-0.2, -0.15) is 0 Å². The summed E-state index contributed by atoms with van der Waals surface area (Å²) in [6, 6.07) is 8.43. The molecule has 106 valence electrons. The molecule has 0 fully saturated rings. The summed E-state index contributed by atoms with van der Waals surface area (Å²) < 4.78 is 9.02. The largest absolute Gasteiger partial charge is 0.450 e. The lowest BCUT2D eigenvalue weighted by Gasteiger charge is -2.09. The third-order valence-corrected chi connectivity index (χ3v) is 2.61. The van der Waals surface area contributed by atoms with E-state index >= 15 is 0 Å². The Morgan fingerprint density at radius 2 is 1.85 bits per heavy atom. The van der Waals surface area contributed by atoms with Crippen molar-refractivity contribution < 1.29 is 23.9 Å². The monoisotopic (exact) mass is 296 g/mol. The molecule has 5 nitrogen and oxygen atoms in total. The minimum atomic E-state index is -1.10. The maximum Gasteiger partial charge on any atom is 0.351 e. The first-order chi connectivity index (χ1) is 9.41. The van der Waals surface area contributed by atoms with Crippen LogP contribution in [0, 0.1) is 0 Å². The molecule has 1 aromatic rings. The van der Waals surface area contributed by atoms with E-state index in [1.807, 2.05) is 0 Å². The van der Waals surface area contributed by atoms with Crippen LogP contribution in [0.3, 0.4) is 0 Å². The molecule has 1 rings (SSSR count). The summed E-state index contributed by atoms with van der Waals surface area (Å²) in [5.41, 5.74) is 0.648. The average molecular weight is 297 g/mol. The second-order valence-electron chi connectivity index (χ2n) is 3.92. The molecule has 0 aliphatic heterocycles. The van der Waals surface area contributed by atoms with E-state index in [2.05, 4.69) is 16.1 Å². The van der Waals surface area contributed by atoms with Crippen LogP contribution in [0.15, 0.2) is 42.5 Å². The Balaban J connectivity index is 2.48. The summed E-state index contributed by atoms with van der Waals surface area (Å²) in [6.07, 6.45) is 0. The number of carbonyl (C=O) groups excluding carboxylic acids is 3. The lowest BCUT2D eigenvalue weighted by molar-refractivity contribution is -0.165. The van der Waals surface area contributed by atoms with Crippen molar-refractivity contribution in [2.75, 3.05) is 6.61 Å². The molecule has 0 heterocycles. The number of benzene rings is 1. The lowest BCUT2D eigenvalue weighted by atomic mass is 10.1. The van der Waals surface area contributed by atoms with Gasteiger partial charge >= 0.3 is 17.9 Å². The topological polar surface area (TPSA) is 69.7 Å². The van der Waals surface area contributed by atoms with Gasteiger partial charge in [-0.1, -0.05) is 36.9 Å². The Hall–Kier alpha value is -2.14. The lowest BCUT2D eigenvalue weighted by Crippen LogP contribution is -2.22. The van der Waals surface area contributed by atoms with Crippen LogP contribution in [-0.2, 0) is 23.9 Å². The van der Waals surface area contributed by atoms with Gasteiger partial charge in [0, 0.05) is 5.57 Å². The van der Waals surface area contributed by atoms with Gasteiger partial charge in [0.2, 0.25) is 0 Å². The molecular weight excluding hydrogens is 284 g/mol. The van der Waals surface area contributed by atoms with Crippen molar-refractivity contribution >= 4 is 29.5 Å². The van der Waals surface area contributed by atoms with E-state index in [0.717, 1.165) is 0 Å². The SMILES string of the molecule is C=C(C)C(=O)OCC(=O)OC(=O)C(Cl)c1ccccc1. The van der Waals surface area contributed by atoms with Crippen molar-refractivity contribution in [3.8, 4) is 0 Å². The molecule has 20 heavy (non-hydrogen) atoms. The molecule has 0 saturated heterocycles. The number of halogens is 1. The number of ether oxygens (including phenoxy) is 2. The van der Waals surface area contributed by atoms with Crippen LogP contribution in [0.2, 0.25) is 0 Å². The normalized spacial score (nSPS) is 11.3. The maximum absolute atomic E-state index is 11.6. The van der Waals surface area contributed by atoms with Crippen LogP contribution in [0.5, 0.6) is 0 Å². The van der Waals surface area contributed by atoms with Crippen molar-refractivity contribution in [2.45, 2.75) is 12.3 Å². The number of hydrogen-bond acceptors (Lipinski definition) is 5. The molecule has 0 aliphatic carbocycles. The van der Waals surface area contributed by atoms with Gasteiger partial charge in [-0.25, -0.2) is 14.4 Å². The Bertz CT molecular complexity index is 524. The summed E-state index contributed by atoms with van der Waals surface area (Å²) in [5, 5.41) is -1.10. The summed E-state index contributed by atoms with van der Waals surface area (Å²) >= 11 is 5.87. The summed E-state index contributed by atoms with van der Waals surface area (Å²) in [6.45, 7) is 4.11. The molecular formula is C14H13ClO5. The van der Waals surface area contributed by atoms with E-state index in [0.29, 0.717) is 5.56 Å². The Kier molecular flexibility index (Phi) is 5.93. The minimum Gasteiger partial charge on any atom is -0.450 e. The van der Waals surface area contributed by atoms with Crippen LogP contribution in [-0.4, -0.2) is 24.5 Å². The standard InChI is InChI=1S/C14H13ClO5/c1-9(2)13(17)19-8-11(16)20-14(18)12(15)10-6-4-3-5-7-10/h3-7,12H,1,8H2,2H3. The van der Waals surface area contributed by atoms with Gasteiger partial charge in [-0.05, 0) is 12.5 Å². The van der Waals surface area contributed by atoms with Gasteiger partial charge in [0.25, 0.3) is 0 Å². The molecule has 0 aromatic heterocycles. The molecule has 0 radical (unpaired) electrons. The smallest absolute Gasteiger partial charge is 0.351 e. The number of hydrogen-bond donors (Lipinski definition) is 0. The Labute approximate surface area is 121 Å². The van der Waals surface area contributed by atoms with E-state index in [4.69, 9.17) is 11.6 Å². The molecule has 0 saturated carbocycles. The summed E-state index contributed by atoms with van der Waals surface area (Å²) in [5.74, 6) is -2.65. The fraction of sp³-hybridized carbons (Fsp3) is 0.214. The zero-order valence-corrected chi connectivity index (χ0v) is 11.6. The number of alkyl halides is 1.